The van der Waals surface area contributed by atoms with Crippen LogP contribution in [-0.4, -0.2) is 24.2 Å². The van der Waals surface area contributed by atoms with Crippen LogP contribution < -0.4 is 15.4 Å². The van der Waals surface area contributed by atoms with Crippen molar-refractivity contribution in [2.24, 2.45) is 5.92 Å². The number of halogens is 1. The Kier molecular flexibility index (Phi) is 8.05. The summed E-state index contributed by atoms with van der Waals surface area (Å²) in [6.45, 7) is 1.84. The van der Waals surface area contributed by atoms with Crippen molar-refractivity contribution in [3.05, 3.63) is 47.5 Å². The van der Waals surface area contributed by atoms with E-state index < -0.39 is 0 Å². The number of carbonyl (C=O) groups excluding carboxylic acids is 2. The second kappa shape index (κ2) is 10.7. The van der Waals surface area contributed by atoms with Crippen molar-refractivity contribution < 1.29 is 14.3 Å². The number of rotatable bonds is 7. The Labute approximate surface area is 186 Å². The Balaban J connectivity index is 1.55. The number of carbonyl (C=O) groups is 2. The summed E-state index contributed by atoms with van der Waals surface area (Å²) in [6, 6.07) is 12.7. The SMILES string of the molecule is COc1ccc(Cl)cc1NC(=O)C(C)Sc1ccc(NC(=O)C2CCCCC2)cc1. The lowest BCUT2D eigenvalue weighted by Gasteiger charge is -2.20. The van der Waals surface area contributed by atoms with Gasteiger partial charge in [-0.2, -0.15) is 0 Å². The topological polar surface area (TPSA) is 67.4 Å². The monoisotopic (exact) mass is 446 g/mol. The molecule has 160 valence electrons. The van der Waals surface area contributed by atoms with Gasteiger partial charge in [0.2, 0.25) is 11.8 Å². The predicted molar refractivity (Wildman–Crippen MR) is 124 cm³/mol. The van der Waals surface area contributed by atoms with E-state index in [4.69, 9.17) is 16.3 Å². The van der Waals surface area contributed by atoms with Gasteiger partial charge in [0.05, 0.1) is 18.0 Å². The lowest BCUT2D eigenvalue weighted by Crippen LogP contribution is -2.24. The number of amides is 2. The minimum Gasteiger partial charge on any atom is -0.495 e. The highest BCUT2D eigenvalue weighted by Gasteiger charge is 2.21. The highest BCUT2D eigenvalue weighted by atomic mass is 35.5. The van der Waals surface area contributed by atoms with E-state index in [1.165, 1.54) is 18.2 Å². The fourth-order valence-corrected chi connectivity index (χ4v) is 4.54. The van der Waals surface area contributed by atoms with Gasteiger partial charge in [-0.25, -0.2) is 0 Å². The summed E-state index contributed by atoms with van der Waals surface area (Å²) in [4.78, 5) is 25.9. The molecule has 0 bridgehead atoms. The van der Waals surface area contributed by atoms with E-state index in [-0.39, 0.29) is 23.0 Å². The fraction of sp³-hybridized carbons (Fsp3) is 0.391. The van der Waals surface area contributed by atoms with E-state index in [0.29, 0.717) is 16.5 Å². The summed E-state index contributed by atoms with van der Waals surface area (Å²) in [5.41, 5.74) is 1.33. The van der Waals surface area contributed by atoms with Crippen molar-refractivity contribution in [1.29, 1.82) is 0 Å². The van der Waals surface area contributed by atoms with E-state index >= 15 is 0 Å². The Hall–Kier alpha value is -2.18. The van der Waals surface area contributed by atoms with Crippen LogP contribution in [0.2, 0.25) is 5.02 Å². The normalized spacial score (nSPS) is 15.3. The lowest BCUT2D eigenvalue weighted by molar-refractivity contribution is -0.120. The second-order valence-corrected chi connectivity index (χ2v) is 9.29. The summed E-state index contributed by atoms with van der Waals surface area (Å²) >= 11 is 7.47. The quantitative estimate of drug-likeness (QED) is 0.513. The number of thioether (sulfide) groups is 1. The smallest absolute Gasteiger partial charge is 0.237 e. The van der Waals surface area contributed by atoms with Crippen LogP contribution >= 0.6 is 23.4 Å². The molecule has 1 unspecified atom stereocenters. The zero-order valence-electron chi connectivity index (χ0n) is 17.2. The molecule has 0 spiro atoms. The van der Waals surface area contributed by atoms with Crippen LogP contribution in [0, 0.1) is 5.92 Å². The Bertz CT molecular complexity index is 883. The third kappa shape index (κ3) is 6.16. The summed E-state index contributed by atoms with van der Waals surface area (Å²) in [5, 5.41) is 6.08. The molecule has 2 N–H and O–H groups in total. The van der Waals surface area contributed by atoms with Crippen molar-refractivity contribution >= 4 is 46.6 Å². The zero-order chi connectivity index (χ0) is 21.5. The third-order valence-corrected chi connectivity index (χ3v) is 6.55. The maximum Gasteiger partial charge on any atom is 0.237 e. The first-order valence-corrected chi connectivity index (χ1v) is 11.4. The van der Waals surface area contributed by atoms with Crippen LogP contribution in [0.1, 0.15) is 39.0 Å². The lowest BCUT2D eigenvalue weighted by atomic mass is 9.88. The molecule has 30 heavy (non-hydrogen) atoms. The largest absolute Gasteiger partial charge is 0.495 e. The number of hydrogen-bond acceptors (Lipinski definition) is 4. The van der Waals surface area contributed by atoms with Gasteiger partial charge in [0.25, 0.3) is 0 Å². The average molecular weight is 447 g/mol. The van der Waals surface area contributed by atoms with Gasteiger partial charge in [-0.3, -0.25) is 9.59 Å². The summed E-state index contributed by atoms with van der Waals surface area (Å²) in [5.74, 6) is 0.650. The van der Waals surface area contributed by atoms with Gasteiger partial charge in [-0.15, -0.1) is 11.8 Å². The van der Waals surface area contributed by atoms with Crippen LogP contribution in [0.15, 0.2) is 47.4 Å². The molecule has 5 nitrogen and oxygen atoms in total. The van der Waals surface area contributed by atoms with Crippen molar-refractivity contribution in [1.82, 2.24) is 0 Å². The standard InChI is InChI=1S/C23H27ClN2O3S/c1-15(22(27)26-20-14-17(24)8-13-21(20)29-2)30-19-11-9-18(10-12-19)25-23(28)16-6-4-3-5-7-16/h8-16H,3-7H2,1-2H3,(H,25,28)(H,26,27). The molecule has 2 amide bonds. The Morgan fingerprint density at radius 1 is 1.07 bits per heavy atom. The highest BCUT2D eigenvalue weighted by molar-refractivity contribution is 8.00. The second-order valence-electron chi connectivity index (χ2n) is 7.44. The van der Waals surface area contributed by atoms with Crippen LogP contribution in [0.25, 0.3) is 0 Å². The maximum absolute atomic E-state index is 12.6. The molecular formula is C23H27ClN2O3S. The van der Waals surface area contributed by atoms with E-state index in [1.54, 1.807) is 25.3 Å². The van der Waals surface area contributed by atoms with Crippen molar-refractivity contribution in [2.45, 2.75) is 49.2 Å². The van der Waals surface area contributed by atoms with Crippen LogP contribution in [0.3, 0.4) is 0 Å². The molecule has 1 atom stereocenters. The first-order chi connectivity index (χ1) is 14.5. The van der Waals surface area contributed by atoms with Gasteiger partial charge in [0.1, 0.15) is 5.75 Å². The summed E-state index contributed by atoms with van der Waals surface area (Å²) in [6.07, 6.45) is 5.45. The van der Waals surface area contributed by atoms with Crippen molar-refractivity contribution in [3.63, 3.8) is 0 Å². The zero-order valence-corrected chi connectivity index (χ0v) is 18.8. The number of ether oxygens (including phenoxy) is 1. The first kappa shape index (κ1) is 22.5. The molecule has 0 heterocycles. The molecule has 1 fully saturated rings. The Morgan fingerprint density at radius 3 is 2.43 bits per heavy atom. The molecule has 0 aromatic heterocycles. The molecule has 0 aliphatic heterocycles. The van der Waals surface area contributed by atoms with Crippen LogP contribution in [-0.2, 0) is 9.59 Å². The van der Waals surface area contributed by atoms with Gasteiger partial charge in [-0.05, 0) is 62.2 Å². The van der Waals surface area contributed by atoms with Crippen LogP contribution in [0.5, 0.6) is 5.75 Å². The van der Waals surface area contributed by atoms with Crippen LogP contribution in [0.4, 0.5) is 11.4 Å². The molecule has 1 saturated carbocycles. The molecule has 3 rings (SSSR count). The fourth-order valence-electron chi connectivity index (χ4n) is 3.50. The number of methoxy groups -OCH3 is 1. The predicted octanol–water partition coefficient (Wildman–Crippen LogP) is 5.99. The molecule has 2 aromatic carbocycles. The summed E-state index contributed by atoms with van der Waals surface area (Å²) < 4.78 is 5.27. The van der Waals surface area contributed by atoms with Gasteiger partial charge in [-0.1, -0.05) is 30.9 Å². The minimum atomic E-state index is -0.323. The number of benzene rings is 2. The van der Waals surface area contributed by atoms with Crippen molar-refractivity contribution in [3.8, 4) is 5.75 Å². The minimum absolute atomic E-state index is 0.110. The highest BCUT2D eigenvalue weighted by Crippen LogP contribution is 2.30. The third-order valence-electron chi connectivity index (χ3n) is 5.20. The molecule has 7 heteroatoms. The number of hydrogen-bond donors (Lipinski definition) is 2. The molecule has 0 radical (unpaired) electrons. The Morgan fingerprint density at radius 2 is 1.77 bits per heavy atom. The van der Waals surface area contributed by atoms with Gasteiger partial charge in [0, 0.05) is 21.5 Å². The van der Waals surface area contributed by atoms with Crippen molar-refractivity contribution in [2.75, 3.05) is 17.7 Å². The van der Waals surface area contributed by atoms with Gasteiger partial charge in [0.15, 0.2) is 0 Å². The summed E-state index contributed by atoms with van der Waals surface area (Å²) in [7, 11) is 1.55. The van der Waals surface area contributed by atoms with E-state index in [0.717, 1.165) is 36.3 Å². The first-order valence-electron chi connectivity index (χ1n) is 10.2. The van der Waals surface area contributed by atoms with E-state index in [9.17, 15) is 9.59 Å². The van der Waals surface area contributed by atoms with E-state index in [1.807, 2.05) is 31.2 Å². The molecular weight excluding hydrogens is 420 g/mol. The average Bonchev–Trinajstić information content (AvgIpc) is 2.76. The van der Waals surface area contributed by atoms with Gasteiger partial charge >= 0.3 is 0 Å². The van der Waals surface area contributed by atoms with Gasteiger partial charge < -0.3 is 15.4 Å². The molecule has 1 aliphatic rings. The number of nitrogens with one attached hydrogen (secondary N) is 2. The molecule has 1 aliphatic carbocycles. The van der Waals surface area contributed by atoms with E-state index in [2.05, 4.69) is 10.6 Å². The maximum atomic E-state index is 12.6. The number of anilines is 2. The molecule has 0 saturated heterocycles. The molecule has 2 aromatic rings.